The highest BCUT2D eigenvalue weighted by molar-refractivity contribution is 5.14. The van der Waals surface area contributed by atoms with Crippen molar-refractivity contribution in [1.82, 2.24) is 4.90 Å². The van der Waals surface area contributed by atoms with Gasteiger partial charge in [0.1, 0.15) is 0 Å². The van der Waals surface area contributed by atoms with Gasteiger partial charge in [-0.05, 0) is 5.56 Å². The molecule has 0 N–H and O–H groups in total. The van der Waals surface area contributed by atoms with Crippen LogP contribution in [-0.2, 0) is 11.3 Å². The van der Waals surface area contributed by atoms with Crippen molar-refractivity contribution in [3.05, 3.63) is 35.9 Å². The largest absolute Gasteiger partial charge is 0.379 e. The fourth-order valence-corrected chi connectivity index (χ4v) is 1.28. The minimum absolute atomic E-state index is 0.208. The van der Waals surface area contributed by atoms with Crippen LogP contribution in [0, 0.1) is 0 Å². The molecule has 0 aromatic heterocycles. The molecule has 0 bridgehead atoms. The summed E-state index contributed by atoms with van der Waals surface area (Å²) >= 11 is 0. The first-order chi connectivity index (χ1) is 7.93. The molecule has 0 atom stereocenters. The van der Waals surface area contributed by atoms with E-state index < -0.39 is 13.1 Å². The van der Waals surface area contributed by atoms with Crippen LogP contribution in [0.4, 0.5) is 0 Å². The highest BCUT2D eigenvalue weighted by atomic mass is 16.5. The van der Waals surface area contributed by atoms with Crippen molar-refractivity contribution in [1.29, 1.82) is 0 Å². The van der Waals surface area contributed by atoms with Crippen molar-refractivity contribution >= 4 is 0 Å². The standard InChI is InChI=1S/C11H15NO/c1-2-4-11(5-3-1)10-12-6-8-13-9-7-12/h1-5H,6-10H2/i6D2,8D2. The molecule has 1 aliphatic rings. The monoisotopic (exact) mass is 181 g/mol. The van der Waals surface area contributed by atoms with Crippen molar-refractivity contribution in [2.75, 3.05) is 26.2 Å². The van der Waals surface area contributed by atoms with Gasteiger partial charge in [0.2, 0.25) is 0 Å². The van der Waals surface area contributed by atoms with Crippen molar-refractivity contribution in [3.8, 4) is 0 Å². The van der Waals surface area contributed by atoms with Gasteiger partial charge in [0.05, 0.1) is 15.9 Å². The fourth-order valence-electron chi connectivity index (χ4n) is 1.28. The van der Waals surface area contributed by atoms with Crippen LogP contribution in [0.25, 0.3) is 0 Å². The molecule has 1 saturated heterocycles. The Kier molecular flexibility index (Phi) is 1.73. The molecule has 0 radical (unpaired) electrons. The lowest BCUT2D eigenvalue weighted by atomic mass is 10.2. The molecule has 2 nitrogen and oxygen atoms in total. The summed E-state index contributed by atoms with van der Waals surface area (Å²) in [5.74, 6) is 0. The molecule has 0 spiro atoms. The Morgan fingerprint density at radius 2 is 2.23 bits per heavy atom. The number of ether oxygens (including phenoxy) is 1. The molecule has 2 rings (SSSR count). The molecule has 13 heavy (non-hydrogen) atoms. The molecule has 0 aliphatic carbocycles. The van der Waals surface area contributed by atoms with Gasteiger partial charge in [0.25, 0.3) is 0 Å². The maximum atomic E-state index is 7.83. The number of benzene rings is 1. The topological polar surface area (TPSA) is 12.5 Å². The van der Waals surface area contributed by atoms with Gasteiger partial charge in [-0.3, -0.25) is 4.90 Å². The molecular formula is C11H15NO. The molecule has 1 aliphatic heterocycles. The second-order valence-corrected chi connectivity index (χ2v) is 2.97. The Bertz CT molecular complexity index is 382. The summed E-state index contributed by atoms with van der Waals surface area (Å²) in [5.41, 5.74) is 0.967. The Labute approximate surface area is 84.7 Å². The third-order valence-electron chi connectivity index (χ3n) is 1.96. The summed E-state index contributed by atoms with van der Waals surface area (Å²) in [5, 5.41) is 0. The third kappa shape index (κ3) is 2.54. The normalized spacial score (nSPS) is 31.1. The zero-order chi connectivity index (χ0) is 12.5. The van der Waals surface area contributed by atoms with Crippen molar-refractivity contribution in [2.45, 2.75) is 6.54 Å². The first-order valence-electron chi connectivity index (χ1n) is 6.36. The molecule has 0 unspecified atom stereocenters. The van der Waals surface area contributed by atoms with E-state index in [1.165, 1.54) is 4.90 Å². The summed E-state index contributed by atoms with van der Waals surface area (Å²) in [4.78, 5) is 1.48. The smallest absolute Gasteiger partial charge is 0.0594 e. The predicted molar refractivity (Wildman–Crippen MR) is 52.5 cm³/mol. The quantitative estimate of drug-likeness (QED) is 0.686. The lowest BCUT2D eigenvalue weighted by molar-refractivity contribution is 0.0342. The second-order valence-electron chi connectivity index (χ2n) is 2.97. The highest BCUT2D eigenvalue weighted by Gasteiger charge is 2.09. The number of hydrogen-bond acceptors (Lipinski definition) is 2. The van der Waals surface area contributed by atoms with Crippen molar-refractivity contribution in [2.24, 2.45) is 0 Å². The van der Waals surface area contributed by atoms with Crippen LogP contribution < -0.4 is 0 Å². The number of morpholine rings is 1. The summed E-state index contributed by atoms with van der Waals surface area (Å²) in [6.45, 7) is -3.39. The van der Waals surface area contributed by atoms with Gasteiger partial charge < -0.3 is 4.74 Å². The summed E-state index contributed by atoms with van der Waals surface area (Å²) in [6, 6.07) is 9.49. The van der Waals surface area contributed by atoms with E-state index in [1.54, 1.807) is 0 Å². The summed E-state index contributed by atoms with van der Waals surface area (Å²) < 4.78 is 35.6. The van der Waals surface area contributed by atoms with E-state index in [9.17, 15) is 0 Å². The molecule has 0 saturated carbocycles. The lowest BCUT2D eigenvalue weighted by Gasteiger charge is -2.26. The van der Waals surface area contributed by atoms with Crippen LogP contribution in [0.3, 0.4) is 0 Å². The van der Waals surface area contributed by atoms with E-state index >= 15 is 0 Å². The van der Waals surface area contributed by atoms with E-state index in [0.29, 0.717) is 13.1 Å². The van der Waals surface area contributed by atoms with E-state index in [0.717, 1.165) is 5.56 Å². The zero-order valence-electron chi connectivity index (χ0n) is 11.4. The molecule has 1 aromatic rings. The summed E-state index contributed by atoms with van der Waals surface area (Å²) in [7, 11) is 0. The van der Waals surface area contributed by atoms with Gasteiger partial charge in [-0.15, -0.1) is 0 Å². The Balaban J connectivity index is 2.16. The van der Waals surface area contributed by atoms with E-state index in [1.807, 2.05) is 30.3 Å². The number of hydrogen-bond donors (Lipinski definition) is 0. The Morgan fingerprint density at radius 3 is 3.08 bits per heavy atom. The molecule has 0 amide bonds. The summed E-state index contributed by atoms with van der Waals surface area (Å²) in [6.07, 6.45) is 0. The number of rotatable bonds is 2. The van der Waals surface area contributed by atoms with E-state index in [-0.39, 0.29) is 6.61 Å². The van der Waals surface area contributed by atoms with Crippen LogP contribution >= 0.6 is 0 Å². The van der Waals surface area contributed by atoms with Gasteiger partial charge >= 0.3 is 0 Å². The molecule has 70 valence electrons. The van der Waals surface area contributed by atoms with Gasteiger partial charge in [0.15, 0.2) is 0 Å². The average molecular weight is 181 g/mol. The average Bonchev–Trinajstić information content (AvgIpc) is 2.27. The zero-order valence-corrected chi connectivity index (χ0v) is 7.36. The van der Waals surface area contributed by atoms with Crippen LogP contribution in [0.2, 0.25) is 0 Å². The van der Waals surface area contributed by atoms with Gasteiger partial charge in [0, 0.05) is 22.3 Å². The molecule has 1 fully saturated rings. The minimum Gasteiger partial charge on any atom is -0.379 e. The van der Waals surface area contributed by atoms with E-state index in [4.69, 9.17) is 10.2 Å². The molecular weight excluding hydrogens is 162 g/mol. The first kappa shape index (κ1) is 5.13. The highest BCUT2D eigenvalue weighted by Crippen LogP contribution is 2.05. The van der Waals surface area contributed by atoms with E-state index in [2.05, 4.69) is 0 Å². The van der Waals surface area contributed by atoms with Crippen LogP contribution in [0.5, 0.6) is 0 Å². The third-order valence-corrected chi connectivity index (χ3v) is 1.96. The van der Waals surface area contributed by atoms with Gasteiger partial charge in [-0.1, -0.05) is 30.3 Å². The van der Waals surface area contributed by atoms with Crippen LogP contribution in [0.1, 0.15) is 11.0 Å². The molecule has 2 heteroatoms. The maximum Gasteiger partial charge on any atom is 0.0594 e. The van der Waals surface area contributed by atoms with Gasteiger partial charge in [-0.25, -0.2) is 0 Å². The van der Waals surface area contributed by atoms with Gasteiger partial charge in [-0.2, -0.15) is 0 Å². The maximum absolute atomic E-state index is 7.83. The lowest BCUT2D eigenvalue weighted by Crippen LogP contribution is -2.35. The second kappa shape index (κ2) is 4.40. The van der Waals surface area contributed by atoms with Crippen molar-refractivity contribution < 1.29 is 10.2 Å². The SMILES string of the molecule is [2H]C1([2H])OCCN(Cc2ccccc2)C1([2H])[2H]. The first-order valence-corrected chi connectivity index (χ1v) is 4.36. The molecule has 1 aromatic carbocycles. The Hall–Kier alpha value is -0.860. The Morgan fingerprint density at radius 1 is 1.38 bits per heavy atom. The molecule has 1 heterocycles. The minimum atomic E-state index is -2.26. The number of nitrogens with zero attached hydrogens (tertiary/aromatic N) is 1. The van der Waals surface area contributed by atoms with Crippen molar-refractivity contribution in [3.63, 3.8) is 0 Å². The van der Waals surface area contributed by atoms with Crippen LogP contribution in [-0.4, -0.2) is 31.1 Å². The van der Waals surface area contributed by atoms with Crippen LogP contribution in [0.15, 0.2) is 30.3 Å². The fraction of sp³-hybridized carbons (Fsp3) is 0.455. The predicted octanol–water partition coefficient (Wildman–Crippen LogP) is 1.52.